The molecule has 1 heterocycles. The molecule has 1 aliphatic rings. The molecule has 0 aromatic heterocycles. The number of nitrogens with one attached hydrogen (secondary N) is 1. The van der Waals surface area contributed by atoms with Gasteiger partial charge in [-0.1, -0.05) is 48.6 Å². The molecule has 4 nitrogen and oxygen atoms in total. The van der Waals surface area contributed by atoms with Crippen molar-refractivity contribution in [1.29, 1.82) is 0 Å². The summed E-state index contributed by atoms with van der Waals surface area (Å²) in [6.07, 6.45) is 8.87. The Bertz CT molecular complexity index is 582. The van der Waals surface area contributed by atoms with Gasteiger partial charge in [-0.05, 0) is 24.8 Å². The molecule has 1 atom stereocenters. The summed E-state index contributed by atoms with van der Waals surface area (Å²) >= 11 is 0. The minimum absolute atomic E-state index is 0.137. The highest BCUT2D eigenvalue weighted by atomic mass is 32.2. The summed E-state index contributed by atoms with van der Waals surface area (Å²) in [7, 11) is -3.37. The van der Waals surface area contributed by atoms with Crippen molar-refractivity contribution in [3.63, 3.8) is 0 Å². The van der Waals surface area contributed by atoms with Gasteiger partial charge in [0.05, 0.1) is 6.04 Å². The van der Waals surface area contributed by atoms with Crippen LogP contribution in [0.1, 0.15) is 24.8 Å². The maximum absolute atomic E-state index is 12.1. The van der Waals surface area contributed by atoms with E-state index < -0.39 is 10.2 Å². The molecule has 1 aliphatic heterocycles. The zero-order chi connectivity index (χ0) is 15.1. The van der Waals surface area contributed by atoms with E-state index >= 15 is 0 Å². The molecule has 0 radical (unpaired) electrons. The summed E-state index contributed by atoms with van der Waals surface area (Å²) < 4.78 is 28.3. The van der Waals surface area contributed by atoms with Gasteiger partial charge in [-0.2, -0.15) is 17.4 Å². The molecule has 1 fully saturated rings. The highest BCUT2D eigenvalue weighted by Gasteiger charge is 2.33. The van der Waals surface area contributed by atoms with Crippen LogP contribution in [-0.2, 0) is 16.8 Å². The van der Waals surface area contributed by atoms with E-state index in [1.54, 1.807) is 0 Å². The molecule has 0 saturated carbocycles. The summed E-state index contributed by atoms with van der Waals surface area (Å²) in [6.45, 7) is 4.58. The number of rotatable bonds is 7. The van der Waals surface area contributed by atoms with Crippen molar-refractivity contribution in [2.24, 2.45) is 0 Å². The van der Waals surface area contributed by atoms with Crippen LogP contribution in [0.15, 0.2) is 55.1 Å². The predicted octanol–water partition coefficient (Wildman–Crippen LogP) is 2.62. The third kappa shape index (κ3) is 4.81. The molecule has 0 spiro atoms. The van der Waals surface area contributed by atoms with E-state index in [0.717, 1.165) is 24.8 Å². The van der Waals surface area contributed by atoms with Crippen molar-refractivity contribution >= 4 is 10.2 Å². The van der Waals surface area contributed by atoms with Crippen molar-refractivity contribution in [3.05, 3.63) is 60.7 Å². The number of hydrogen-bond acceptors (Lipinski definition) is 2. The molecule has 114 valence electrons. The smallest absolute Gasteiger partial charge is 0.195 e. The van der Waals surface area contributed by atoms with Crippen molar-refractivity contribution in [2.45, 2.75) is 31.8 Å². The fourth-order valence-corrected chi connectivity index (χ4v) is 3.66. The van der Waals surface area contributed by atoms with Crippen LogP contribution in [0, 0.1) is 0 Å². The summed E-state index contributed by atoms with van der Waals surface area (Å²) in [4.78, 5) is 0. The largest absolute Gasteiger partial charge is 0.280 e. The first-order valence-electron chi connectivity index (χ1n) is 7.21. The van der Waals surface area contributed by atoms with E-state index in [9.17, 15) is 8.42 Å². The lowest BCUT2D eigenvalue weighted by atomic mass is 10.2. The standard InChI is InChI=1S/C16H22N2O2S/c1-2-3-4-5-9-12-16-14-18(21(19,20)17-16)13-15-10-7-6-8-11-15/h2,6-12,16-17H,1,3-5,13-14H2/b12-9+. The Labute approximate surface area is 127 Å². The summed E-state index contributed by atoms with van der Waals surface area (Å²) in [6, 6.07) is 9.50. The van der Waals surface area contributed by atoms with E-state index in [-0.39, 0.29) is 6.04 Å². The van der Waals surface area contributed by atoms with Crippen LogP contribution in [0.5, 0.6) is 0 Å². The molecular weight excluding hydrogens is 284 g/mol. The van der Waals surface area contributed by atoms with Gasteiger partial charge < -0.3 is 0 Å². The number of unbranched alkanes of at least 4 members (excludes halogenated alkanes) is 2. The first-order chi connectivity index (χ1) is 10.1. The molecular formula is C16H22N2O2S. The first-order valence-corrected chi connectivity index (χ1v) is 8.65. The van der Waals surface area contributed by atoms with E-state index in [2.05, 4.69) is 11.3 Å². The van der Waals surface area contributed by atoms with E-state index in [0.29, 0.717) is 13.1 Å². The fraction of sp³-hybridized carbons (Fsp3) is 0.375. The minimum atomic E-state index is -3.37. The third-order valence-corrected chi connectivity index (χ3v) is 4.95. The van der Waals surface area contributed by atoms with Gasteiger partial charge in [0.1, 0.15) is 0 Å². The Balaban J connectivity index is 1.91. The van der Waals surface area contributed by atoms with Crippen LogP contribution in [0.25, 0.3) is 0 Å². The lowest BCUT2D eigenvalue weighted by Crippen LogP contribution is -2.29. The monoisotopic (exact) mass is 306 g/mol. The number of nitrogens with zero attached hydrogens (tertiary/aromatic N) is 1. The maximum atomic E-state index is 12.1. The van der Waals surface area contributed by atoms with E-state index in [4.69, 9.17) is 0 Å². The lowest BCUT2D eigenvalue weighted by Gasteiger charge is -2.12. The Kier molecular flexibility index (Phi) is 5.73. The molecule has 5 heteroatoms. The maximum Gasteiger partial charge on any atom is 0.280 e. The van der Waals surface area contributed by atoms with Gasteiger partial charge in [-0.3, -0.25) is 0 Å². The van der Waals surface area contributed by atoms with Crippen molar-refractivity contribution in [1.82, 2.24) is 9.03 Å². The van der Waals surface area contributed by atoms with Crippen LogP contribution in [0.4, 0.5) is 0 Å². The van der Waals surface area contributed by atoms with E-state index in [1.165, 1.54) is 4.31 Å². The predicted molar refractivity (Wildman–Crippen MR) is 85.9 cm³/mol. The van der Waals surface area contributed by atoms with Gasteiger partial charge in [0.25, 0.3) is 10.2 Å². The number of hydrogen-bond donors (Lipinski definition) is 1. The summed E-state index contributed by atoms with van der Waals surface area (Å²) in [5, 5.41) is 0. The SMILES string of the molecule is C=CCCC/C=C/C1CN(Cc2ccccc2)S(=O)(=O)N1. The van der Waals surface area contributed by atoms with Gasteiger partial charge in [0.2, 0.25) is 0 Å². The van der Waals surface area contributed by atoms with Crippen molar-refractivity contribution < 1.29 is 8.42 Å². The lowest BCUT2D eigenvalue weighted by molar-refractivity contribution is 0.435. The Morgan fingerprint density at radius 2 is 2.05 bits per heavy atom. The normalized spacial score (nSPS) is 21.8. The minimum Gasteiger partial charge on any atom is -0.195 e. The second-order valence-electron chi connectivity index (χ2n) is 5.16. The van der Waals surface area contributed by atoms with Crippen LogP contribution >= 0.6 is 0 Å². The third-order valence-electron chi connectivity index (χ3n) is 3.39. The average Bonchev–Trinajstić information content (AvgIpc) is 2.74. The Morgan fingerprint density at radius 3 is 2.76 bits per heavy atom. The van der Waals surface area contributed by atoms with Gasteiger partial charge in [0.15, 0.2) is 0 Å². The van der Waals surface area contributed by atoms with Crippen LogP contribution in [-0.4, -0.2) is 25.3 Å². The molecule has 0 amide bonds. The van der Waals surface area contributed by atoms with Crippen LogP contribution in [0.2, 0.25) is 0 Å². The zero-order valence-corrected chi connectivity index (χ0v) is 12.9. The second kappa shape index (κ2) is 7.54. The molecule has 0 aliphatic carbocycles. The average molecular weight is 306 g/mol. The van der Waals surface area contributed by atoms with Crippen LogP contribution in [0.3, 0.4) is 0 Å². The first kappa shape index (κ1) is 15.9. The Hall–Kier alpha value is -1.43. The molecule has 1 aromatic carbocycles. The number of benzene rings is 1. The molecule has 2 rings (SSSR count). The molecule has 1 N–H and O–H groups in total. The van der Waals surface area contributed by atoms with E-state index in [1.807, 2.05) is 48.6 Å². The summed E-state index contributed by atoms with van der Waals surface area (Å²) in [5.74, 6) is 0. The topological polar surface area (TPSA) is 49.4 Å². The van der Waals surface area contributed by atoms with Gasteiger partial charge >= 0.3 is 0 Å². The van der Waals surface area contributed by atoms with Gasteiger partial charge in [-0.15, -0.1) is 6.58 Å². The van der Waals surface area contributed by atoms with Crippen molar-refractivity contribution in [3.8, 4) is 0 Å². The number of allylic oxidation sites excluding steroid dienone is 2. The van der Waals surface area contributed by atoms with Gasteiger partial charge in [-0.25, -0.2) is 0 Å². The molecule has 1 saturated heterocycles. The van der Waals surface area contributed by atoms with Crippen molar-refractivity contribution in [2.75, 3.05) is 6.54 Å². The highest BCUT2D eigenvalue weighted by molar-refractivity contribution is 7.87. The second-order valence-corrected chi connectivity index (χ2v) is 6.86. The van der Waals surface area contributed by atoms with Gasteiger partial charge in [0, 0.05) is 13.1 Å². The molecule has 21 heavy (non-hydrogen) atoms. The highest BCUT2D eigenvalue weighted by Crippen LogP contribution is 2.16. The zero-order valence-electron chi connectivity index (χ0n) is 12.1. The quantitative estimate of drug-likeness (QED) is 0.622. The Morgan fingerprint density at radius 1 is 1.29 bits per heavy atom. The van der Waals surface area contributed by atoms with Crippen LogP contribution < -0.4 is 4.72 Å². The molecule has 1 aromatic rings. The molecule has 1 unspecified atom stereocenters. The molecule has 0 bridgehead atoms. The summed E-state index contributed by atoms with van der Waals surface area (Å²) in [5.41, 5.74) is 0.999. The fourth-order valence-electron chi connectivity index (χ4n) is 2.30.